The van der Waals surface area contributed by atoms with Crippen LogP contribution in [0.2, 0.25) is 5.02 Å². The van der Waals surface area contributed by atoms with Gasteiger partial charge in [-0.2, -0.15) is 0 Å². The number of hydrogen-bond acceptors (Lipinski definition) is 6. The summed E-state index contributed by atoms with van der Waals surface area (Å²) >= 11 is 8.06. The van der Waals surface area contributed by atoms with Crippen LogP contribution in [0.4, 0.5) is 0 Å². The molecule has 0 fully saturated rings. The topological polar surface area (TPSA) is 84.5 Å². The van der Waals surface area contributed by atoms with Crippen LogP contribution in [-0.2, 0) is 27.3 Å². The molecule has 0 saturated carbocycles. The van der Waals surface area contributed by atoms with E-state index in [4.69, 9.17) is 11.6 Å². The lowest BCUT2D eigenvalue weighted by Crippen LogP contribution is -2.26. The number of fused-ring (bicyclic) bond motifs is 1. The summed E-state index contributed by atoms with van der Waals surface area (Å²) < 4.78 is 4.52. The van der Waals surface area contributed by atoms with Crippen LogP contribution in [0.25, 0.3) is 0 Å². The van der Waals surface area contributed by atoms with Crippen molar-refractivity contribution in [1.29, 1.82) is 0 Å². The molecule has 3 rings (SSSR count). The van der Waals surface area contributed by atoms with Gasteiger partial charge in [-0.1, -0.05) is 23.7 Å². The molecule has 1 aromatic heterocycles. The minimum absolute atomic E-state index is 0.0313. The molecule has 6 nitrogen and oxygen atoms in total. The number of carbonyl (C=O) groups is 3. The molecule has 1 atom stereocenters. The highest BCUT2D eigenvalue weighted by Crippen LogP contribution is 2.31. The molecule has 2 aromatic rings. The highest BCUT2D eigenvalue weighted by atomic mass is 35.5. The number of rotatable bonds is 7. The number of benzene rings is 1. The van der Waals surface area contributed by atoms with Crippen molar-refractivity contribution in [3.8, 4) is 0 Å². The van der Waals surface area contributed by atoms with Crippen LogP contribution < -0.4 is 10.6 Å². The molecule has 1 aromatic carbocycles. The van der Waals surface area contributed by atoms with Gasteiger partial charge >= 0.3 is 5.97 Å². The van der Waals surface area contributed by atoms with Gasteiger partial charge in [0.25, 0.3) is 0 Å². The quantitative estimate of drug-likeness (QED) is 0.516. The summed E-state index contributed by atoms with van der Waals surface area (Å²) in [5.41, 5.74) is 2.37. The number of carbonyl (C=O) groups excluding carboxylic acids is 3. The predicted molar refractivity (Wildman–Crippen MR) is 113 cm³/mol. The molecule has 0 radical (unpaired) electrons. The molecule has 0 aliphatic carbocycles. The van der Waals surface area contributed by atoms with Crippen molar-refractivity contribution in [2.75, 3.05) is 20.2 Å². The first-order valence-corrected chi connectivity index (χ1v) is 10.7. The summed E-state index contributed by atoms with van der Waals surface area (Å²) in [5.74, 6) is -0.878. The third-order valence-corrected chi connectivity index (χ3v) is 6.29. The van der Waals surface area contributed by atoms with Crippen LogP contribution >= 0.6 is 22.9 Å². The van der Waals surface area contributed by atoms with Gasteiger partial charge in [0.15, 0.2) is 5.78 Å². The van der Waals surface area contributed by atoms with Gasteiger partial charge in [-0.3, -0.25) is 14.4 Å². The highest BCUT2D eigenvalue weighted by molar-refractivity contribution is 7.10. The van der Waals surface area contributed by atoms with Crippen LogP contribution in [0, 0.1) is 0 Å². The molecule has 1 unspecified atom stereocenters. The second kappa shape index (κ2) is 10.0. The summed E-state index contributed by atoms with van der Waals surface area (Å²) in [7, 11) is 1.28. The number of hydrogen-bond donors (Lipinski definition) is 2. The molecule has 1 aliphatic heterocycles. The average Bonchev–Trinajstić information content (AvgIpc) is 3.09. The van der Waals surface area contributed by atoms with Crippen molar-refractivity contribution in [2.45, 2.75) is 31.7 Å². The zero-order valence-electron chi connectivity index (χ0n) is 16.1. The first-order valence-electron chi connectivity index (χ1n) is 9.42. The minimum Gasteiger partial charge on any atom is -0.469 e. The van der Waals surface area contributed by atoms with Crippen LogP contribution in [0.5, 0.6) is 0 Å². The standard InChI is InChI=1S/C21H23ClN2O4S/c1-28-20(26)5-4-19(25)24-11-14-3-2-13(10-17(14)22)21(27)16-12-23-8-6-18-15(16)7-9-29-18/h2-3,7,9-10,16,23H,4-6,8,11-12H2,1H3,(H,24,25). The summed E-state index contributed by atoms with van der Waals surface area (Å²) in [4.78, 5) is 37.3. The van der Waals surface area contributed by atoms with Gasteiger partial charge in [0.2, 0.25) is 5.91 Å². The average molecular weight is 435 g/mol. The fraction of sp³-hybridized carbons (Fsp3) is 0.381. The van der Waals surface area contributed by atoms with Gasteiger partial charge in [-0.15, -0.1) is 11.3 Å². The molecule has 1 aliphatic rings. The third kappa shape index (κ3) is 5.44. The fourth-order valence-electron chi connectivity index (χ4n) is 3.30. The molecule has 0 bridgehead atoms. The van der Waals surface area contributed by atoms with Crippen LogP contribution in [0.15, 0.2) is 29.6 Å². The zero-order chi connectivity index (χ0) is 20.8. The van der Waals surface area contributed by atoms with E-state index in [0.29, 0.717) is 22.7 Å². The number of nitrogens with one attached hydrogen (secondary N) is 2. The van der Waals surface area contributed by atoms with Crippen molar-refractivity contribution >= 4 is 40.6 Å². The molecule has 154 valence electrons. The van der Waals surface area contributed by atoms with Gasteiger partial charge in [0.05, 0.1) is 19.4 Å². The molecular formula is C21H23ClN2O4S. The summed E-state index contributed by atoms with van der Waals surface area (Å²) in [6.07, 6.45) is 1.02. The van der Waals surface area contributed by atoms with Crippen molar-refractivity contribution in [2.24, 2.45) is 0 Å². The number of halogens is 1. The maximum atomic E-state index is 13.1. The maximum absolute atomic E-state index is 13.1. The normalized spacial score (nSPS) is 15.9. The number of Topliss-reactive ketones (excluding diaryl/α,β-unsaturated/α-hetero) is 1. The van der Waals surface area contributed by atoms with Crippen LogP contribution in [-0.4, -0.2) is 37.9 Å². The molecule has 2 N–H and O–H groups in total. The largest absolute Gasteiger partial charge is 0.469 e. The Labute approximate surface area is 178 Å². The van der Waals surface area contributed by atoms with Crippen molar-refractivity contribution in [3.63, 3.8) is 0 Å². The SMILES string of the molecule is COC(=O)CCC(=O)NCc1ccc(C(=O)C2CNCCc3sccc32)cc1Cl. The van der Waals surface area contributed by atoms with E-state index in [1.54, 1.807) is 29.5 Å². The Morgan fingerprint density at radius 3 is 2.86 bits per heavy atom. The van der Waals surface area contributed by atoms with Gasteiger partial charge < -0.3 is 15.4 Å². The second-order valence-electron chi connectivity index (χ2n) is 6.83. The lowest BCUT2D eigenvalue weighted by Gasteiger charge is -2.15. The van der Waals surface area contributed by atoms with Crippen molar-refractivity contribution < 1.29 is 19.1 Å². The Morgan fingerprint density at radius 2 is 2.10 bits per heavy atom. The van der Waals surface area contributed by atoms with Crippen LogP contribution in [0.3, 0.4) is 0 Å². The predicted octanol–water partition coefficient (Wildman–Crippen LogP) is 3.08. The van der Waals surface area contributed by atoms with Crippen LogP contribution in [0.1, 0.15) is 45.1 Å². The van der Waals surface area contributed by atoms with E-state index in [2.05, 4.69) is 15.4 Å². The highest BCUT2D eigenvalue weighted by Gasteiger charge is 2.27. The van der Waals surface area contributed by atoms with Crippen molar-refractivity contribution in [3.05, 3.63) is 56.2 Å². The molecule has 0 spiro atoms. The monoisotopic (exact) mass is 434 g/mol. The van der Waals surface area contributed by atoms with Gasteiger partial charge in [-0.05, 0) is 35.1 Å². The van der Waals surface area contributed by atoms with E-state index in [1.165, 1.54) is 12.0 Å². The minimum atomic E-state index is -0.428. The zero-order valence-corrected chi connectivity index (χ0v) is 17.7. The van der Waals surface area contributed by atoms with E-state index in [0.717, 1.165) is 18.5 Å². The Balaban J connectivity index is 1.64. The van der Waals surface area contributed by atoms with E-state index >= 15 is 0 Å². The molecular weight excluding hydrogens is 412 g/mol. The van der Waals surface area contributed by atoms with Gasteiger partial charge in [-0.25, -0.2) is 0 Å². The van der Waals surface area contributed by atoms with E-state index < -0.39 is 5.97 Å². The smallest absolute Gasteiger partial charge is 0.306 e. The Bertz CT molecular complexity index is 912. The Morgan fingerprint density at radius 1 is 1.28 bits per heavy atom. The number of ketones is 1. The van der Waals surface area contributed by atoms with E-state index in [-0.39, 0.29) is 37.0 Å². The third-order valence-electron chi connectivity index (χ3n) is 4.95. The summed E-state index contributed by atoms with van der Waals surface area (Å²) in [6, 6.07) is 7.21. The number of amides is 1. The first kappa shape index (κ1) is 21.5. The first-order chi connectivity index (χ1) is 14.0. The lowest BCUT2D eigenvalue weighted by molar-refractivity contribution is -0.142. The number of ether oxygens (including phenoxy) is 1. The molecule has 2 heterocycles. The fourth-order valence-corrected chi connectivity index (χ4v) is 4.49. The molecule has 8 heteroatoms. The lowest BCUT2D eigenvalue weighted by atomic mass is 9.90. The number of methoxy groups -OCH3 is 1. The molecule has 29 heavy (non-hydrogen) atoms. The molecule has 0 saturated heterocycles. The van der Waals surface area contributed by atoms with Crippen molar-refractivity contribution in [1.82, 2.24) is 10.6 Å². The molecule has 1 amide bonds. The van der Waals surface area contributed by atoms with Gasteiger partial charge in [0.1, 0.15) is 0 Å². The maximum Gasteiger partial charge on any atom is 0.306 e. The number of esters is 1. The summed E-state index contributed by atoms with van der Waals surface area (Å²) in [5, 5.41) is 8.52. The number of thiophene rings is 1. The van der Waals surface area contributed by atoms with E-state index in [1.807, 2.05) is 11.4 Å². The van der Waals surface area contributed by atoms with E-state index in [9.17, 15) is 14.4 Å². The Kier molecular flexibility index (Phi) is 7.41. The second-order valence-corrected chi connectivity index (χ2v) is 8.24. The van der Waals surface area contributed by atoms with Gasteiger partial charge in [0, 0.05) is 41.5 Å². The Hall–Kier alpha value is -2.22. The summed E-state index contributed by atoms with van der Waals surface area (Å²) in [6.45, 7) is 1.71.